The predicted molar refractivity (Wildman–Crippen MR) is 51.4 cm³/mol. The predicted octanol–water partition coefficient (Wildman–Crippen LogP) is 2.45. The lowest BCUT2D eigenvalue weighted by Crippen LogP contribution is -1.98. The van der Waals surface area contributed by atoms with Crippen LogP contribution in [0, 0.1) is 12.3 Å². The minimum Gasteiger partial charge on any atom is -0.476 e. The van der Waals surface area contributed by atoms with Crippen molar-refractivity contribution >= 4 is 34.8 Å². The summed E-state index contributed by atoms with van der Waals surface area (Å²) in [5, 5.41) is 7.13. The van der Waals surface area contributed by atoms with Crippen LogP contribution in [0.1, 0.15) is 0 Å². The third kappa shape index (κ3) is 2.38. The highest BCUT2D eigenvalue weighted by Crippen LogP contribution is 2.34. The lowest BCUT2D eigenvalue weighted by Gasteiger charge is -2.05. The molecule has 0 aliphatic heterocycles. The molecule has 1 heterocycles. The first-order valence-corrected chi connectivity index (χ1v) is 4.23. The molecule has 68 valence electrons. The Bertz CT molecular complexity index is 361. The van der Waals surface area contributed by atoms with Crippen LogP contribution in [0.5, 0.6) is 5.75 Å². The van der Waals surface area contributed by atoms with Gasteiger partial charge in [-0.1, -0.05) is 40.7 Å². The lowest BCUT2D eigenvalue weighted by molar-refractivity contribution is 0.368. The van der Waals surface area contributed by atoms with Crippen LogP contribution in [-0.2, 0) is 0 Å². The summed E-state index contributed by atoms with van der Waals surface area (Å²) in [5.41, 5.74) is 0. The van der Waals surface area contributed by atoms with E-state index in [2.05, 4.69) is 16.1 Å². The minimum atomic E-state index is 0.0260. The molecule has 0 aliphatic carbocycles. The maximum Gasteiger partial charge on any atom is 0.195 e. The van der Waals surface area contributed by atoms with Gasteiger partial charge in [0.05, 0.1) is 0 Å². The number of rotatable bonds is 2. The second-order valence-electron chi connectivity index (χ2n) is 1.92. The molecule has 6 heteroatoms. The molecule has 0 atom stereocenters. The Kier molecular flexibility index (Phi) is 3.61. The van der Waals surface area contributed by atoms with Crippen molar-refractivity contribution in [1.29, 1.82) is 0 Å². The number of halogens is 3. The highest BCUT2D eigenvalue weighted by Gasteiger charge is 2.13. The Morgan fingerprint density at radius 3 is 2.46 bits per heavy atom. The van der Waals surface area contributed by atoms with Crippen LogP contribution in [0.25, 0.3) is 0 Å². The average Bonchev–Trinajstić information content (AvgIpc) is 2.12. The molecule has 0 unspecified atom stereocenters. The first kappa shape index (κ1) is 10.4. The van der Waals surface area contributed by atoms with Crippen LogP contribution >= 0.6 is 34.8 Å². The third-order valence-electron chi connectivity index (χ3n) is 1.09. The zero-order valence-electron chi connectivity index (χ0n) is 6.22. The van der Waals surface area contributed by atoms with Gasteiger partial charge in [0.1, 0.15) is 11.6 Å². The fourth-order valence-electron chi connectivity index (χ4n) is 0.598. The molecule has 13 heavy (non-hydrogen) atoms. The van der Waals surface area contributed by atoms with Gasteiger partial charge in [0.25, 0.3) is 0 Å². The second-order valence-corrected chi connectivity index (χ2v) is 3.01. The van der Waals surface area contributed by atoms with Crippen LogP contribution in [0.2, 0.25) is 15.3 Å². The fourth-order valence-corrected chi connectivity index (χ4v) is 1.14. The summed E-state index contributed by atoms with van der Waals surface area (Å²) < 4.78 is 5.01. The van der Waals surface area contributed by atoms with Crippen molar-refractivity contribution in [1.82, 2.24) is 10.2 Å². The summed E-state index contributed by atoms with van der Waals surface area (Å²) in [6.45, 7) is 0.0431. The Morgan fingerprint density at radius 2 is 1.85 bits per heavy atom. The number of terminal acetylenes is 1. The van der Waals surface area contributed by atoms with E-state index in [-0.39, 0.29) is 27.7 Å². The maximum atomic E-state index is 5.72. The normalized spacial score (nSPS) is 9.38. The molecule has 1 aromatic rings. The van der Waals surface area contributed by atoms with Crippen molar-refractivity contribution < 1.29 is 4.74 Å². The van der Waals surface area contributed by atoms with Crippen molar-refractivity contribution in [2.75, 3.05) is 6.61 Å². The molecule has 0 radical (unpaired) electrons. The second kappa shape index (κ2) is 4.52. The molecule has 0 fully saturated rings. The Balaban J connectivity index is 3.04. The number of hydrogen-bond donors (Lipinski definition) is 0. The van der Waals surface area contributed by atoms with Crippen LogP contribution < -0.4 is 4.74 Å². The Hall–Kier alpha value is -0.690. The molecule has 0 saturated carbocycles. The van der Waals surface area contributed by atoms with Crippen molar-refractivity contribution in [2.24, 2.45) is 0 Å². The van der Waals surface area contributed by atoms with Crippen LogP contribution in [0.4, 0.5) is 0 Å². The largest absolute Gasteiger partial charge is 0.476 e. The monoisotopic (exact) mass is 236 g/mol. The van der Waals surface area contributed by atoms with Crippen molar-refractivity contribution in [3.8, 4) is 18.1 Å². The van der Waals surface area contributed by atoms with Gasteiger partial charge >= 0.3 is 0 Å². The summed E-state index contributed by atoms with van der Waals surface area (Å²) in [4.78, 5) is 0. The lowest BCUT2D eigenvalue weighted by atomic mass is 10.5. The van der Waals surface area contributed by atoms with Crippen molar-refractivity contribution in [3.63, 3.8) is 0 Å². The Morgan fingerprint density at radius 1 is 1.23 bits per heavy atom. The summed E-state index contributed by atoms with van der Waals surface area (Å²) in [5.74, 6) is 2.41. The first-order chi connectivity index (χ1) is 6.16. The topological polar surface area (TPSA) is 35.0 Å². The SMILES string of the molecule is C#CCOc1c(Cl)nnc(Cl)c1Cl. The van der Waals surface area contributed by atoms with E-state index in [1.807, 2.05) is 0 Å². The first-order valence-electron chi connectivity index (χ1n) is 3.10. The maximum absolute atomic E-state index is 5.72. The number of ether oxygens (including phenoxy) is 1. The van der Waals surface area contributed by atoms with Gasteiger partial charge in [0.2, 0.25) is 0 Å². The molecule has 0 amide bonds. The fraction of sp³-hybridized carbons (Fsp3) is 0.143. The molecule has 0 saturated heterocycles. The number of aromatic nitrogens is 2. The Labute approximate surface area is 90.0 Å². The minimum absolute atomic E-state index is 0.0260. The van der Waals surface area contributed by atoms with E-state index in [0.717, 1.165) is 0 Å². The van der Waals surface area contributed by atoms with Gasteiger partial charge in [-0.2, -0.15) is 0 Å². The summed E-state index contributed by atoms with van der Waals surface area (Å²) in [6.07, 6.45) is 4.98. The zero-order chi connectivity index (χ0) is 9.84. The number of hydrogen-bond acceptors (Lipinski definition) is 3. The van der Waals surface area contributed by atoms with Gasteiger partial charge in [0.15, 0.2) is 16.1 Å². The zero-order valence-corrected chi connectivity index (χ0v) is 8.49. The molecule has 1 aromatic heterocycles. The number of nitrogens with zero attached hydrogens (tertiary/aromatic N) is 2. The van der Waals surface area contributed by atoms with Gasteiger partial charge in [-0.05, 0) is 0 Å². The molecule has 1 rings (SSSR count). The molecular weight excluding hydrogens is 234 g/mol. The van der Waals surface area contributed by atoms with Gasteiger partial charge in [-0.15, -0.1) is 16.6 Å². The van der Waals surface area contributed by atoms with Crippen molar-refractivity contribution in [2.45, 2.75) is 0 Å². The van der Waals surface area contributed by atoms with E-state index < -0.39 is 0 Å². The standard InChI is InChI=1S/C7H3Cl3N2O/c1-2-3-13-5-4(8)6(9)11-12-7(5)10/h1H,3H2. The molecular formula is C7H3Cl3N2O. The van der Waals surface area contributed by atoms with Crippen molar-refractivity contribution in [3.05, 3.63) is 15.3 Å². The summed E-state index contributed by atoms with van der Waals surface area (Å²) in [7, 11) is 0. The van der Waals surface area contributed by atoms with Crippen LogP contribution in [0.3, 0.4) is 0 Å². The van der Waals surface area contributed by atoms with Crippen LogP contribution in [-0.4, -0.2) is 16.8 Å². The van der Waals surface area contributed by atoms with E-state index in [0.29, 0.717) is 0 Å². The highest BCUT2D eigenvalue weighted by atomic mass is 35.5. The van der Waals surface area contributed by atoms with Gasteiger partial charge in [-0.25, -0.2) is 0 Å². The smallest absolute Gasteiger partial charge is 0.195 e. The van der Waals surface area contributed by atoms with E-state index in [1.165, 1.54) is 0 Å². The highest BCUT2D eigenvalue weighted by molar-refractivity contribution is 6.43. The summed E-state index contributed by atoms with van der Waals surface area (Å²) >= 11 is 16.9. The van der Waals surface area contributed by atoms with Gasteiger partial charge < -0.3 is 4.74 Å². The van der Waals surface area contributed by atoms with E-state index in [9.17, 15) is 0 Å². The molecule has 0 aliphatic rings. The average molecular weight is 237 g/mol. The molecule has 0 aromatic carbocycles. The molecule has 0 bridgehead atoms. The van der Waals surface area contributed by atoms with E-state index >= 15 is 0 Å². The van der Waals surface area contributed by atoms with Gasteiger partial charge in [-0.3, -0.25) is 0 Å². The van der Waals surface area contributed by atoms with Gasteiger partial charge in [0, 0.05) is 0 Å². The molecule has 0 spiro atoms. The molecule has 3 nitrogen and oxygen atoms in total. The van der Waals surface area contributed by atoms with E-state index in [4.69, 9.17) is 46.0 Å². The summed E-state index contributed by atoms with van der Waals surface area (Å²) in [6, 6.07) is 0. The van der Waals surface area contributed by atoms with E-state index in [1.54, 1.807) is 0 Å². The third-order valence-corrected chi connectivity index (χ3v) is 2.05. The quantitative estimate of drug-likeness (QED) is 0.741. The van der Waals surface area contributed by atoms with Crippen LogP contribution in [0.15, 0.2) is 0 Å². The molecule has 0 N–H and O–H groups in total.